The summed E-state index contributed by atoms with van der Waals surface area (Å²) in [5, 5.41) is 2.52. The number of esters is 2. The van der Waals surface area contributed by atoms with Gasteiger partial charge in [0, 0.05) is 25.6 Å². The van der Waals surface area contributed by atoms with Gasteiger partial charge < -0.3 is 19.3 Å². The van der Waals surface area contributed by atoms with Crippen LogP contribution in [0.15, 0.2) is 5.38 Å². The van der Waals surface area contributed by atoms with E-state index in [1.165, 1.54) is 23.3 Å². The number of nitrogens with zero attached hydrogens (tertiary/aromatic N) is 3. The van der Waals surface area contributed by atoms with Crippen LogP contribution < -0.4 is 0 Å². The van der Waals surface area contributed by atoms with Crippen molar-refractivity contribution in [3.63, 3.8) is 0 Å². The van der Waals surface area contributed by atoms with Crippen molar-refractivity contribution < 1.29 is 37.0 Å². The van der Waals surface area contributed by atoms with E-state index < -0.39 is 35.6 Å². The summed E-state index contributed by atoms with van der Waals surface area (Å²) in [6, 6.07) is -1.89. The van der Waals surface area contributed by atoms with Crippen LogP contribution in [-0.2, 0) is 32.2 Å². The lowest BCUT2D eigenvalue weighted by Gasteiger charge is -2.35. The van der Waals surface area contributed by atoms with E-state index in [1.54, 1.807) is 26.2 Å². The number of carbonyl (C=O) groups excluding carboxylic acids is 3. The molecule has 0 unspecified atom stereocenters. The Kier molecular flexibility index (Phi) is 6.89. The second-order valence-corrected chi connectivity index (χ2v) is 8.48. The minimum Gasteiger partial charge on any atom is -0.385 e. The van der Waals surface area contributed by atoms with Crippen molar-refractivity contribution in [2.75, 3.05) is 20.2 Å². The second-order valence-electron chi connectivity index (χ2n) is 7.54. The van der Waals surface area contributed by atoms with Gasteiger partial charge in [0.1, 0.15) is 11.0 Å². The van der Waals surface area contributed by atoms with Gasteiger partial charge in [0.2, 0.25) is 0 Å². The van der Waals surface area contributed by atoms with Crippen LogP contribution in [-0.4, -0.2) is 65.2 Å². The molecular weight excluding hydrogens is 415 g/mol. The average Bonchev–Trinajstić information content (AvgIpc) is 3.15. The highest BCUT2D eigenvalue weighted by atomic mass is 32.1. The van der Waals surface area contributed by atoms with Gasteiger partial charge in [0.25, 0.3) is 0 Å². The number of halogens is 3. The van der Waals surface area contributed by atoms with E-state index in [0.29, 0.717) is 12.3 Å². The van der Waals surface area contributed by atoms with Gasteiger partial charge >= 0.3 is 24.1 Å². The first-order chi connectivity index (χ1) is 13.3. The Morgan fingerprint density at radius 3 is 2.48 bits per heavy atom. The number of urea groups is 1. The number of hydrogen-bond acceptors (Lipinski definition) is 7. The van der Waals surface area contributed by atoms with Gasteiger partial charge in [-0.15, -0.1) is 11.3 Å². The molecule has 0 bridgehead atoms. The lowest BCUT2D eigenvalue weighted by molar-refractivity contribution is -0.204. The van der Waals surface area contributed by atoms with E-state index in [1.807, 2.05) is 0 Å². The molecule has 0 radical (unpaired) electrons. The maximum atomic E-state index is 12.8. The van der Waals surface area contributed by atoms with Crippen molar-refractivity contribution in [2.24, 2.45) is 5.41 Å². The van der Waals surface area contributed by atoms with Gasteiger partial charge in [-0.2, -0.15) is 13.2 Å². The van der Waals surface area contributed by atoms with Crippen molar-refractivity contribution in [3.05, 3.63) is 16.1 Å². The summed E-state index contributed by atoms with van der Waals surface area (Å²) in [6.45, 7) is 5.60. The zero-order chi connectivity index (χ0) is 22.0. The van der Waals surface area contributed by atoms with Crippen LogP contribution in [0.3, 0.4) is 0 Å². The van der Waals surface area contributed by atoms with Gasteiger partial charge in [-0.25, -0.2) is 19.4 Å². The summed E-state index contributed by atoms with van der Waals surface area (Å²) in [5.41, 5.74) is -0.319. The predicted octanol–water partition coefficient (Wildman–Crippen LogP) is 2.57. The minimum atomic E-state index is -5.30. The number of rotatable bonds is 6. The highest BCUT2D eigenvalue weighted by molar-refractivity contribution is 7.09. The van der Waals surface area contributed by atoms with E-state index >= 15 is 0 Å². The number of aromatic nitrogens is 1. The number of ether oxygens (including phenoxy) is 2. The van der Waals surface area contributed by atoms with Crippen LogP contribution in [0.2, 0.25) is 0 Å². The lowest BCUT2D eigenvalue weighted by atomic mass is 9.85. The highest BCUT2D eigenvalue weighted by Gasteiger charge is 2.48. The van der Waals surface area contributed by atoms with Crippen molar-refractivity contribution in [2.45, 2.75) is 46.1 Å². The lowest BCUT2D eigenvalue weighted by Crippen LogP contribution is -2.52. The number of alkyl halides is 3. The molecule has 162 valence electrons. The standard InChI is InChI=1S/C17H22F3N3O5S/c1-16(2,3)12(13(24)28-14(25)17(18,19)20)23-6-5-22(15(23)26)7-10-9-29-11(21-10)8-27-4/h9,12H,5-8H2,1-4H3/t12-/m1/s1. The third kappa shape index (κ3) is 5.66. The summed E-state index contributed by atoms with van der Waals surface area (Å²) in [4.78, 5) is 43.1. The third-order valence-electron chi connectivity index (χ3n) is 4.13. The monoisotopic (exact) mass is 437 g/mol. The Bertz CT molecular complexity index is 775. The molecule has 1 fully saturated rings. The maximum Gasteiger partial charge on any atom is 0.491 e. The SMILES string of the molecule is COCc1nc(CN2CCN([C@H](C(=O)OC(=O)C(F)(F)F)C(C)(C)C)C2=O)cs1. The molecule has 1 aliphatic rings. The van der Waals surface area contributed by atoms with Crippen LogP contribution in [0.1, 0.15) is 31.5 Å². The zero-order valence-electron chi connectivity index (χ0n) is 16.4. The second kappa shape index (κ2) is 8.66. The topological polar surface area (TPSA) is 89.0 Å². The van der Waals surface area contributed by atoms with Crippen molar-refractivity contribution in [1.82, 2.24) is 14.8 Å². The molecule has 1 atom stereocenters. The first kappa shape index (κ1) is 23.1. The molecule has 2 amide bonds. The Morgan fingerprint density at radius 2 is 1.93 bits per heavy atom. The molecule has 0 N–H and O–H groups in total. The largest absolute Gasteiger partial charge is 0.491 e. The molecule has 0 aromatic carbocycles. The van der Waals surface area contributed by atoms with Crippen molar-refractivity contribution in [3.8, 4) is 0 Å². The normalized spacial score (nSPS) is 16.3. The van der Waals surface area contributed by atoms with Gasteiger partial charge in [0.05, 0.1) is 18.8 Å². The molecule has 1 aromatic rings. The van der Waals surface area contributed by atoms with Crippen LogP contribution in [0.25, 0.3) is 0 Å². The zero-order valence-corrected chi connectivity index (χ0v) is 17.2. The predicted molar refractivity (Wildman–Crippen MR) is 95.7 cm³/mol. The Labute approximate surface area is 169 Å². The first-order valence-electron chi connectivity index (χ1n) is 8.65. The van der Waals surface area contributed by atoms with E-state index in [-0.39, 0.29) is 19.6 Å². The molecule has 2 rings (SSSR count). The fourth-order valence-corrected chi connectivity index (χ4v) is 3.70. The first-order valence-corrected chi connectivity index (χ1v) is 9.53. The van der Waals surface area contributed by atoms with Gasteiger partial charge in [-0.3, -0.25) is 0 Å². The van der Waals surface area contributed by atoms with Crippen LogP contribution >= 0.6 is 11.3 Å². The molecule has 8 nitrogen and oxygen atoms in total. The molecule has 2 heterocycles. The fraction of sp³-hybridized carbons (Fsp3) is 0.647. The summed E-state index contributed by atoms with van der Waals surface area (Å²) in [7, 11) is 1.54. The summed E-state index contributed by atoms with van der Waals surface area (Å²) >= 11 is 1.38. The summed E-state index contributed by atoms with van der Waals surface area (Å²) in [6.07, 6.45) is -5.30. The van der Waals surface area contributed by atoms with E-state index in [4.69, 9.17) is 4.74 Å². The Hall–Kier alpha value is -2.21. The molecule has 1 aromatic heterocycles. The molecule has 12 heteroatoms. The van der Waals surface area contributed by atoms with E-state index in [0.717, 1.165) is 9.91 Å². The minimum absolute atomic E-state index is 0.102. The van der Waals surface area contributed by atoms with Gasteiger partial charge in [0.15, 0.2) is 0 Å². The molecule has 29 heavy (non-hydrogen) atoms. The van der Waals surface area contributed by atoms with Crippen LogP contribution in [0.5, 0.6) is 0 Å². The smallest absolute Gasteiger partial charge is 0.385 e. The quantitative estimate of drug-likeness (QED) is 0.502. The maximum absolute atomic E-state index is 12.8. The molecule has 1 aliphatic heterocycles. The average molecular weight is 437 g/mol. The highest BCUT2D eigenvalue weighted by Crippen LogP contribution is 2.30. The van der Waals surface area contributed by atoms with Crippen LogP contribution in [0, 0.1) is 5.41 Å². The van der Waals surface area contributed by atoms with E-state index in [2.05, 4.69) is 9.72 Å². The molecular formula is C17H22F3N3O5S. The summed E-state index contributed by atoms with van der Waals surface area (Å²) < 4.78 is 46.4. The molecule has 1 saturated heterocycles. The fourth-order valence-electron chi connectivity index (χ4n) is 2.95. The van der Waals surface area contributed by atoms with Crippen molar-refractivity contribution in [1.29, 1.82) is 0 Å². The van der Waals surface area contributed by atoms with Crippen molar-refractivity contribution >= 4 is 29.3 Å². The number of amides is 2. The molecule has 0 aliphatic carbocycles. The van der Waals surface area contributed by atoms with E-state index in [9.17, 15) is 27.6 Å². The number of hydrogen-bond donors (Lipinski definition) is 0. The number of carbonyl (C=O) groups is 3. The Morgan fingerprint density at radius 1 is 1.28 bits per heavy atom. The van der Waals surface area contributed by atoms with Crippen LogP contribution in [0.4, 0.5) is 18.0 Å². The van der Waals surface area contributed by atoms with Gasteiger partial charge in [-0.05, 0) is 5.41 Å². The number of thiazole rings is 1. The molecule has 0 saturated carbocycles. The van der Waals surface area contributed by atoms with Gasteiger partial charge in [-0.1, -0.05) is 20.8 Å². The molecule has 0 spiro atoms. The third-order valence-corrected chi connectivity index (χ3v) is 5.00. The number of methoxy groups -OCH3 is 1. The Balaban J connectivity index is 2.13. The summed E-state index contributed by atoms with van der Waals surface area (Å²) in [5.74, 6) is -4.01.